The third-order valence-electron chi connectivity index (χ3n) is 6.55. The molecule has 1 fully saturated rings. The van der Waals surface area contributed by atoms with Crippen molar-refractivity contribution >= 4 is 39.6 Å². The van der Waals surface area contributed by atoms with Crippen LogP contribution in [0.3, 0.4) is 0 Å². The first-order chi connectivity index (χ1) is 18.7. The molecule has 11 nitrogen and oxygen atoms in total. The van der Waals surface area contributed by atoms with Gasteiger partial charge in [0.2, 0.25) is 0 Å². The summed E-state index contributed by atoms with van der Waals surface area (Å²) in [6.45, 7) is 9.57. The molecule has 3 heterocycles. The SMILES string of the molecule is CN(CCCNC(=O)c1ccc2[nH]nc(-c3nc4ccc(N5CCOCC5)cc4[nH]3)c2c1)C(=O)OC(C)(C)C. The first kappa shape index (κ1) is 26.5. The number of ether oxygens (including phenoxy) is 2. The van der Waals surface area contributed by atoms with Gasteiger partial charge < -0.3 is 29.6 Å². The average molecular weight is 534 g/mol. The third kappa shape index (κ3) is 6.14. The molecule has 5 rings (SSSR count). The largest absolute Gasteiger partial charge is 0.444 e. The highest BCUT2D eigenvalue weighted by Gasteiger charge is 2.20. The normalized spacial score (nSPS) is 14.1. The van der Waals surface area contributed by atoms with Gasteiger partial charge in [0.1, 0.15) is 11.3 Å². The maximum absolute atomic E-state index is 12.9. The van der Waals surface area contributed by atoms with Crippen molar-refractivity contribution in [2.45, 2.75) is 32.8 Å². The van der Waals surface area contributed by atoms with Crippen LogP contribution in [0.15, 0.2) is 36.4 Å². The van der Waals surface area contributed by atoms with Gasteiger partial charge in [-0.15, -0.1) is 0 Å². The Kier molecular flexibility index (Phi) is 7.42. The molecule has 1 aliphatic rings. The second-order valence-corrected chi connectivity index (χ2v) is 10.7. The summed E-state index contributed by atoms with van der Waals surface area (Å²) < 4.78 is 10.8. The highest BCUT2D eigenvalue weighted by molar-refractivity contribution is 6.01. The smallest absolute Gasteiger partial charge is 0.410 e. The Morgan fingerprint density at radius 2 is 1.92 bits per heavy atom. The molecular formula is C28H35N7O4. The number of anilines is 1. The number of imidazole rings is 1. The van der Waals surface area contributed by atoms with Gasteiger partial charge in [-0.1, -0.05) is 0 Å². The summed E-state index contributed by atoms with van der Waals surface area (Å²) in [5.74, 6) is 0.446. The fourth-order valence-electron chi connectivity index (χ4n) is 4.52. The highest BCUT2D eigenvalue weighted by atomic mass is 16.6. The van der Waals surface area contributed by atoms with E-state index in [2.05, 4.69) is 37.5 Å². The van der Waals surface area contributed by atoms with E-state index in [0.29, 0.717) is 36.6 Å². The minimum atomic E-state index is -0.543. The van der Waals surface area contributed by atoms with Gasteiger partial charge in [0, 0.05) is 49.9 Å². The molecule has 11 heteroatoms. The molecule has 0 spiro atoms. The van der Waals surface area contributed by atoms with E-state index in [4.69, 9.17) is 14.5 Å². The molecule has 4 aromatic rings. The zero-order chi connectivity index (χ0) is 27.6. The Bertz CT molecular complexity index is 1480. The molecule has 0 saturated carbocycles. The number of nitrogens with one attached hydrogen (secondary N) is 3. The zero-order valence-corrected chi connectivity index (χ0v) is 22.8. The molecule has 0 bridgehead atoms. The van der Waals surface area contributed by atoms with Gasteiger partial charge in [-0.3, -0.25) is 9.89 Å². The number of carbonyl (C=O) groups is 2. The van der Waals surface area contributed by atoms with Crippen LogP contribution >= 0.6 is 0 Å². The van der Waals surface area contributed by atoms with Crippen molar-refractivity contribution in [1.29, 1.82) is 0 Å². The van der Waals surface area contributed by atoms with Crippen molar-refractivity contribution in [2.24, 2.45) is 0 Å². The molecule has 0 unspecified atom stereocenters. The summed E-state index contributed by atoms with van der Waals surface area (Å²) in [5, 5.41) is 11.3. The van der Waals surface area contributed by atoms with Crippen molar-refractivity contribution in [3.63, 3.8) is 0 Å². The van der Waals surface area contributed by atoms with Crippen LogP contribution < -0.4 is 10.2 Å². The lowest BCUT2D eigenvalue weighted by Gasteiger charge is -2.28. The van der Waals surface area contributed by atoms with Crippen LogP contribution in [0.2, 0.25) is 0 Å². The standard InChI is InChI=1S/C28H35N7O4/c1-28(2,3)39-27(37)34(4)11-5-10-29-26(36)18-6-8-21-20(16-18)24(33-32-21)25-30-22-9-7-19(17-23(22)31-25)35-12-14-38-15-13-35/h6-9,16-17H,5,10-15H2,1-4H3,(H,29,36)(H,30,31)(H,32,33). The molecule has 0 radical (unpaired) electrons. The van der Waals surface area contributed by atoms with Gasteiger partial charge in [0.15, 0.2) is 5.82 Å². The highest BCUT2D eigenvalue weighted by Crippen LogP contribution is 2.29. The van der Waals surface area contributed by atoms with Gasteiger partial charge in [-0.25, -0.2) is 9.78 Å². The Balaban J connectivity index is 1.25. The summed E-state index contributed by atoms with van der Waals surface area (Å²) in [6.07, 6.45) is 0.223. The maximum atomic E-state index is 12.9. The number of rotatable bonds is 7. The molecule has 3 N–H and O–H groups in total. The van der Waals surface area contributed by atoms with E-state index < -0.39 is 5.60 Å². The fraction of sp³-hybridized carbons (Fsp3) is 0.429. The van der Waals surface area contributed by atoms with Crippen molar-refractivity contribution < 1.29 is 19.1 Å². The predicted octanol–water partition coefficient (Wildman–Crippen LogP) is 3.93. The monoisotopic (exact) mass is 533 g/mol. The number of aromatic nitrogens is 4. The number of benzene rings is 2. The molecule has 1 aliphatic heterocycles. The van der Waals surface area contributed by atoms with E-state index in [1.165, 1.54) is 4.90 Å². The maximum Gasteiger partial charge on any atom is 0.410 e. The van der Waals surface area contributed by atoms with E-state index in [1.807, 2.05) is 39.0 Å². The number of hydrogen-bond acceptors (Lipinski definition) is 7. The van der Waals surface area contributed by atoms with E-state index in [-0.39, 0.29) is 12.0 Å². The van der Waals surface area contributed by atoms with Gasteiger partial charge >= 0.3 is 6.09 Å². The van der Waals surface area contributed by atoms with Crippen LogP contribution in [0.4, 0.5) is 10.5 Å². The van der Waals surface area contributed by atoms with Crippen molar-refractivity contribution in [3.8, 4) is 11.5 Å². The van der Waals surface area contributed by atoms with Crippen LogP contribution in [0.5, 0.6) is 0 Å². The van der Waals surface area contributed by atoms with Gasteiger partial charge in [0.05, 0.1) is 29.8 Å². The quantitative estimate of drug-likeness (QED) is 0.307. The second-order valence-electron chi connectivity index (χ2n) is 10.7. The lowest BCUT2D eigenvalue weighted by molar-refractivity contribution is 0.0297. The molecular weight excluding hydrogens is 498 g/mol. The van der Waals surface area contributed by atoms with Crippen LogP contribution in [0, 0.1) is 0 Å². The number of amides is 2. The van der Waals surface area contributed by atoms with E-state index >= 15 is 0 Å². The number of H-pyrrole nitrogens is 2. The molecule has 39 heavy (non-hydrogen) atoms. The van der Waals surface area contributed by atoms with Gasteiger partial charge in [-0.2, -0.15) is 5.10 Å². The van der Waals surface area contributed by atoms with Crippen LogP contribution in [-0.4, -0.2) is 89.1 Å². The molecule has 2 amide bonds. The predicted molar refractivity (Wildman–Crippen MR) is 150 cm³/mol. The lowest BCUT2D eigenvalue weighted by Crippen LogP contribution is -2.36. The van der Waals surface area contributed by atoms with E-state index in [0.717, 1.165) is 53.9 Å². The topological polar surface area (TPSA) is 128 Å². The van der Waals surface area contributed by atoms with Crippen molar-refractivity contribution in [2.75, 3.05) is 51.3 Å². The lowest BCUT2D eigenvalue weighted by atomic mass is 10.1. The van der Waals surface area contributed by atoms with Crippen molar-refractivity contribution in [3.05, 3.63) is 42.0 Å². The first-order valence-corrected chi connectivity index (χ1v) is 13.2. The van der Waals surface area contributed by atoms with Crippen LogP contribution in [0.1, 0.15) is 37.6 Å². The average Bonchev–Trinajstić information content (AvgIpc) is 3.53. The molecule has 2 aromatic heterocycles. The molecule has 0 atom stereocenters. The molecule has 2 aromatic carbocycles. The number of morpholine rings is 1. The number of carbonyl (C=O) groups excluding carboxylic acids is 2. The number of fused-ring (bicyclic) bond motifs is 2. The minimum Gasteiger partial charge on any atom is -0.444 e. The number of aromatic amines is 2. The Labute approximate surface area is 226 Å². The molecule has 0 aliphatic carbocycles. The van der Waals surface area contributed by atoms with Crippen LogP contribution in [-0.2, 0) is 9.47 Å². The first-order valence-electron chi connectivity index (χ1n) is 13.2. The van der Waals surface area contributed by atoms with Gasteiger partial charge in [0.25, 0.3) is 5.91 Å². The summed E-state index contributed by atoms with van der Waals surface area (Å²) in [4.78, 5) is 36.9. The summed E-state index contributed by atoms with van der Waals surface area (Å²) >= 11 is 0. The summed E-state index contributed by atoms with van der Waals surface area (Å²) in [5.41, 5.74) is 4.36. The van der Waals surface area contributed by atoms with Crippen LogP contribution in [0.25, 0.3) is 33.5 Å². The molecule has 1 saturated heterocycles. The van der Waals surface area contributed by atoms with E-state index in [1.54, 1.807) is 13.1 Å². The minimum absolute atomic E-state index is 0.191. The zero-order valence-electron chi connectivity index (χ0n) is 22.8. The summed E-state index contributed by atoms with van der Waals surface area (Å²) in [7, 11) is 1.69. The second kappa shape index (κ2) is 10.9. The number of nitrogens with zero attached hydrogens (tertiary/aromatic N) is 4. The van der Waals surface area contributed by atoms with Crippen molar-refractivity contribution in [1.82, 2.24) is 30.4 Å². The summed E-state index contributed by atoms with van der Waals surface area (Å²) in [6, 6.07) is 11.6. The Hall–Kier alpha value is -4.12. The Morgan fingerprint density at radius 1 is 1.13 bits per heavy atom. The third-order valence-corrected chi connectivity index (χ3v) is 6.55. The fourth-order valence-corrected chi connectivity index (χ4v) is 4.52. The van der Waals surface area contributed by atoms with E-state index in [9.17, 15) is 9.59 Å². The number of hydrogen-bond donors (Lipinski definition) is 3. The molecule has 206 valence electrons. The Morgan fingerprint density at radius 3 is 2.69 bits per heavy atom. The van der Waals surface area contributed by atoms with Gasteiger partial charge in [-0.05, 0) is 63.6 Å².